The molecule has 3 aromatic rings. The van der Waals surface area contributed by atoms with Crippen LogP contribution in [0, 0.1) is 11.6 Å². The number of rotatable bonds is 4. The van der Waals surface area contributed by atoms with Crippen molar-refractivity contribution in [3.63, 3.8) is 0 Å². The largest absolute Gasteiger partial charge is 0.325 e. The molecule has 0 aliphatic carbocycles. The van der Waals surface area contributed by atoms with Gasteiger partial charge in [0.25, 0.3) is 5.56 Å². The van der Waals surface area contributed by atoms with Gasteiger partial charge >= 0.3 is 0 Å². The SMILES string of the molecule is Cn1c(SCC(=O)Nc2ccc(F)c(F)c2)nc2sccc2c1=O. The third kappa shape index (κ3) is 3.31. The molecular weight excluding hydrogens is 356 g/mol. The maximum absolute atomic E-state index is 13.1. The molecule has 0 bridgehead atoms. The van der Waals surface area contributed by atoms with E-state index in [1.807, 2.05) is 0 Å². The van der Waals surface area contributed by atoms with Crippen LogP contribution in [0.3, 0.4) is 0 Å². The molecule has 2 heterocycles. The maximum atomic E-state index is 13.1. The van der Waals surface area contributed by atoms with Crippen LogP contribution in [0.15, 0.2) is 39.6 Å². The Kier molecular flexibility index (Phi) is 4.63. The molecular formula is C15H11F2N3O2S2. The minimum atomic E-state index is -1.03. The van der Waals surface area contributed by atoms with Crippen LogP contribution in [0.4, 0.5) is 14.5 Å². The van der Waals surface area contributed by atoms with Gasteiger partial charge in [0.15, 0.2) is 16.8 Å². The number of aromatic nitrogens is 2. The number of carbonyl (C=O) groups excluding carboxylic acids is 1. The number of hydrogen-bond acceptors (Lipinski definition) is 5. The number of nitrogens with zero attached hydrogens (tertiary/aromatic N) is 2. The highest BCUT2D eigenvalue weighted by Crippen LogP contribution is 2.21. The first-order valence-corrected chi connectivity index (χ1v) is 8.64. The molecule has 0 radical (unpaired) electrons. The van der Waals surface area contributed by atoms with E-state index < -0.39 is 17.5 Å². The van der Waals surface area contributed by atoms with Crippen molar-refractivity contribution in [2.45, 2.75) is 5.16 Å². The van der Waals surface area contributed by atoms with E-state index in [1.54, 1.807) is 18.5 Å². The van der Waals surface area contributed by atoms with Crippen LogP contribution in [0.2, 0.25) is 0 Å². The van der Waals surface area contributed by atoms with Crippen molar-refractivity contribution in [1.82, 2.24) is 9.55 Å². The summed E-state index contributed by atoms with van der Waals surface area (Å²) in [6, 6.07) is 4.82. The predicted octanol–water partition coefficient (Wildman–Crippen LogP) is 3.00. The molecule has 1 N–H and O–H groups in total. The lowest BCUT2D eigenvalue weighted by Gasteiger charge is -2.08. The van der Waals surface area contributed by atoms with Crippen LogP contribution in [0.25, 0.3) is 10.2 Å². The summed E-state index contributed by atoms with van der Waals surface area (Å²) in [6.07, 6.45) is 0. The van der Waals surface area contributed by atoms with Crippen LogP contribution in [0.5, 0.6) is 0 Å². The molecule has 0 atom stereocenters. The highest BCUT2D eigenvalue weighted by atomic mass is 32.2. The van der Waals surface area contributed by atoms with Gasteiger partial charge in [-0.25, -0.2) is 13.8 Å². The van der Waals surface area contributed by atoms with Gasteiger partial charge in [0.2, 0.25) is 5.91 Å². The molecule has 0 spiro atoms. The Hall–Kier alpha value is -2.26. The summed E-state index contributed by atoms with van der Waals surface area (Å²) in [7, 11) is 1.59. The van der Waals surface area contributed by atoms with E-state index in [2.05, 4.69) is 10.3 Å². The Labute approximate surface area is 143 Å². The summed E-state index contributed by atoms with van der Waals surface area (Å²) in [6.45, 7) is 0. The normalized spacial score (nSPS) is 11.0. The molecule has 9 heteroatoms. The number of thiophene rings is 1. The molecule has 0 unspecified atom stereocenters. The number of benzene rings is 1. The zero-order valence-corrected chi connectivity index (χ0v) is 14.0. The molecule has 0 aliphatic rings. The number of amides is 1. The van der Waals surface area contributed by atoms with Gasteiger partial charge in [0.1, 0.15) is 4.83 Å². The monoisotopic (exact) mass is 367 g/mol. The van der Waals surface area contributed by atoms with E-state index in [-0.39, 0.29) is 17.0 Å². The van der Waals surface area contributed by atoms with Gasteiger partial charge in [0, 0.05) is 18.8 Å². The Bertz CT molecular complexity index is 984. The van der Waals surface area contributed by atoms with E-state index in [1.165, 1.54) is 22.0 Å². The molecule has 124 valence electrons. The van der Waals surface area contributed by atoms with Crippen molar-refractivity contribution in [3.8, 4) is 0 Å². The van der Waals surface area contributed by atoms with E-state index in [0.29, 0.717) is 15.4 Å². The number of carbonyl (C=O) groups is 1. The number of fused-ring (bicyclic) bond motifs is 1. The summed E-state index contributed by atoms with van der Waals surface area (Å²) in [5, 5.41) is 5.20. The lowest BCUT2D eigenvalue weighted by molar-refractivity contribution is -0.113. The average Bonchev–Trinajstić information content (AvgIpc) is 3.01. The fraction of sp³-hybridized carbons (Fsp3) is 0.133. The zero-order chi connectivity index (χ0) is 17.3. The van der Waals surface area contributed by atoms with Crippen LogP contribution in [-0.4, -0.2) is 21.2 Å². The predicted molar refractivity (Wildman–Crippen MR) is 90.6 cm³/mol. The summed E-state index contributed by atoms with van der Waals surface area (Å²) < 4.78 is 27.4. The Morgan fingerprint density at radius 1 is 1.33 bits per heavy atom. The lowest BCUT2D eigenvalue weighted by atomic mass is 10.3. The Morgan fingerprint density at radius 2 is 2.12 bits per heavy atom. The van der Waals surface area contributed by atoms with E-state index in [4.69, 9.17) is 0 Å². The highest BCUT2D eigenvalue weighted by Gasteiger charge is 2.12. The topological polar surface area (TPSA) is 64.0 Å². The molecule has 1 aromatic carbocycles. The van der Waals surface area contributed by atoms with Gasteiger partial charge in [0.05, 0.1) is 11.1 Å². The fourth-order valence-corrected chi connectivity index (χ4v) is 3.59. The molecule has 0 aliphatic heterocycles. The minimum Gasteiger partial charge on any atom is -0.325 e. The quantitative estimate of drug-likeness (QED) is 0.569. The molecule has 0 fully saturated rings. The molecule has 1 amide bonds. The second-order valence-electron chi connectivity index (χ2n) is 4.86. The van der Waals surface area contributed by atoms with Gasteiger partial charge in [-0.1, -0.05) is 11.8 Å². The van der Waals surface area contributed by atoms with Gasteiger partial charge in [-0.2, -0.15) is 0 Å². The minimum absolute atomic E-state index is 0.0177. The fourth-order valence-electron chi connectivity index (χ4n) is 2.01. The maximum Gasteiger partial charge on any atom is 0.262 e. The highest BCUT2D eigenvalue weighted by molar-refractivity contribution is 7.99. The number of hydrogen-bond donors (Lipinski definition) is 1. The number of anilines is 1. The number of nitrogens with one attached hydrogen (secondary N) is 1. The molecule has 0 saturated heterocycles. The van der Waals surface area contributed by atoms with Crippen molar-refractivity contribution in [1.29, 1.82) is 0 Å². The summed E-state index contributed by atoms with van der Waals surface area (Å²) >= 11 is 2.44. The first kappa shape index (κ1) is 16.6. The zero-order valence-electron chi connectivity index (χ0n) is 12.4. The first-order chi connectivity index (χ1) is 11.5. The van der Waals surface area contributed by atoms with Crippen molar-refractivity contribution >= 4 is 44.9 Å². The molecule has 24 heavy (non-hydrogen) atoms. The lowest BCUT2D eigenvalue weighted by Crippen LogP contribution is -2.20. The van der Waals surface area contributed by atoms with Crippen molar-refractivity contribution in [3.05, 3.63) is 51.6 Å². The molecule has 3 rings (SSSR count). The van der Waals surface area contributed by atoms with E-state index in [0.717, 1.165) is 23.9 Å². The standard InChI is InChI=1S/C15H11F2N3O2S2/c1-20-14(22)9-4-5-23-13(9)19-15(20)24-7-12(21)18-8-2-3-10(16)11(17)6-8/h2-6H,7H2,1H3,(H,18,21). The van der Waals surface area contributed by atoms with Crippen LogP contribution >= 0.6 is 23.1 Å². The Balaban J connectivity index is 1.71. The summed E-state index contributed by atoms with van der Waals surface area (Å²) in [4.78, 5) is 29.1. The third-order valence-corrected chi connectivity index (χ3v) is 5.04. The third-order valence-electron chi connectivity index (χ3n) is 3.20. The van der Waals surface area contributed by atoms with Crippen LogP contribution in [0.1, 0.15) is 0 Å². The van der Waals surface area contributed by atoms with Gasteiger partial charge in [-0.05, 0) is 23.6 Å². The summed E-state index contributed by atoms with van der Waals surface area (Å²) in [5.41, 5.74) is -0.0141. The van der Waals surface area contributed by atoms with Gasteiger partial charge < -0.3 is 5.32 Å². The first-order valence-electron chi connectivity index (χ1n) is 6.77. The van der Waals surface area contributed by atoms with Gasteiger partial charge in [-0.3, -0.25) is 14.2 Å². The summed E-state index contributed by atoms with van der Waals surface area (Å²) in [5.74, 6) is -2.44. The number of halogens is 2. The molecule has 0 saturated carbocycles. The van der Waals surface area contributed by atoms with Gasteiger partial charge in [-0.15, -0.1) is 11.3 Å². The van der Waals surface area contributed by atoms with E-state index in [9.17, 15) is 18.4 Å². The van der Waals surface area contributed by atoms with Crippen LogP contribution in [-0.2, 0) is 11.8 Å². The second-order valence-corrected chi connectivity index (χ2v) is 6.70. The van der Waals surface area contributed by atoms with Crippen molar-refractivity contribution in [2.75, 3.05) is 11.1 Å². The average molecular weight is 367 g/mol. The second kappa shape index (κ2) is 6.70. The molecule has 2 aromatic heterocycles. The van der Waals surface area contributed by atoms with Crippen LogP contribution < -0.4 is 10.9 Å². The smallest absolute Gasteiger partial charge is 0.262 e. The molecule has 5 nitrogen and oxygen atoms in total. The van der Waals surface area contributed by atoms with Crippen molar-refractivity contribution < 1.29 is 13.6 Å². The van der Waals surface area contributed by atoms with E-state index >= 15 is 0 Å². The number of thioether (sulfide) groups is 1. The Morgan fingerprint density at radius 3 is 2.88 bits per heavy atom. The van der Waals surface area contributed by atoms with Crippen molar-refractivity contribution in [2.24, 2.45) is 7.05 Å².